The van der Waals surface area contributed by atoms with Crippen molar-refractivity contribution >= 4 is 0 Å². The molecule has 0 radical (unpaired) electrons. The van der Waals surface area contributed by atoms with E-state index in [0.29, 0.717) is 12.1 Å². The summed E-state index contributed by atoms with van der Waals surface area (Å²) in [7, 11) is 0. The Morgan fingerprint density at radius 2 is 1.82 bits per heavy atom. The first-order chi connectivity index (χ1) is 8.15. The van der Waals surface area contributed by atoms with Gasteiger partial charge in [0.05, 0.1) is 18.8 Å². The van der Waals surface area contributed by atoms with E-state index in [1.165, 1.54) is 13.1 Å². The van der Waals surface area contributed by atoms with Crippen LogP contribution in [0.25, 0.3) is 0 Å². The third-order valence-electron chi connectivity index (χ3n) is 3.97. The van der Waals surface area contributed by atoms with E-state index in [1.54, 1.807) is 0 Å². The van der Waals surface area contributed by atoms with E-state index in [-0.39, 0.29) is 6.10 Å². The van der Waals surface area contributed by atoms with Gasteiger partial charge in [0.2, 0.25) is 0 Å². The van der Waals surface area contributed by atoms with Crippen molar-refractivity contribution in [3.05, 3.63) is 0 Å². The second kappa shape index (κ2) is 6.14. The molecule has 2 fully saturated rings. The van der Waals surface area contributed by atoms with Crippen LogP contribution in [0.2, 0.25) is 0 Å². The fourth-order valence-corrected chi connectivity index (χ4v) is 2.53. The Balaban J connectivity index is 1.53. The summed E-state index contributed by atoms with van der Waals surface area (Å²) in [4.78, 5) is 5.01. The molecular formula is C13H26N2O2. The first-order valence-corrected chi connectivity index (χ1v) is 6.91. The van der Waals surface area contributed by atoms with Crippen molar-refractivity contribution in [1.29, 1.82) is 0 Å². The SMILES string of the molecule is CC(C)N1CCN(CCOC2CC(O)C2)CC1. The highest BCUT2D eigenvalue weighted by Gasteiger charge is 2.28. The zero-order valence-corrected chi connectivity index (χ0v) is 11.1. The number of hydrogen-bond donors (Lipinski definition) is 1. The van der Waals surface area contributed by atoms with Gasteiger partial charge >= 0.3 is 0 Å². The summed E-state index contributed by atoms with van der Waals surface area (Å²) in [5.74, 6) is 0. The van der Waals surface area contributed by atoms with Crippen molar-refractivity contribution in [2.24, 2.45) is 0 Å². The van der Waals surface area contributed by atoms with E-state index in [0.717, 1.165) is 39.1 Å². The minimum Gasteiger partial charge on any atom is -0.393 e. The number of hydrogen-bond acceptors (Lipinski definition) is 4. The molecule has 0 bridgehead atoms. The first kappa shape index (κ1) is 13.3. The van der Waals surface area contributed by atoms with Crippen molar-refractivity contribution in [1.82, 2.24) is 9.80 Å². The molecule has 1 aliphatic heterocycles. The molecule has 0 amide bonds. The Hall–Kier alpha value is -0.160. The topological polar surface area (TPSA) is 35.9 Å². The predicted octanol–water partition coefficient (Wildman–Crippen LogP) is 0.552. The summed E-state index contributed by atoms with van der Waals surface area (Å²) >= 11 is 0. The Labute approximate surface area is 105 Å². The van der Waals surface area contributed by atoms with Crippen molar-refractivity contribution in [2.75, 3.05) is 39.3 Å². The maximum atomic E-state index is 9.15. The van der Waals surface area contributed by atoms with Gasteiger partial charge in [-0.05, 0) is 26.7 Å². The lowest BCUT2D eigenvalue weighted by atomic mass is 9.92. The van der Waals surface area contributed by atoms with Crippen LogP contribution in [0.1, 0.15) is 26.7 Å². The third kappa shape index (κ3) is 3.91. The van der Waals surface area contributed by atoms with Crippen molar-refractivity contribution in [3.63, 3.8) is 0 Å². The number of nitrogens with zero attached hydrogens (tertiary/aromatic N) is 2. The van der Waals surface area contributed by atoms with E-state index >= 15 is 0 Å². The van der Waals surface area contributed by atoms with Gasteiger partial charge in [-0.3, -0.25) is 9.80 Å². The van der Waals surface area contributed by atoms with Gasteiger partial charge in [0.1, 0.15) is 0 Å². The molecule has 0 atom stereocenters. The van der Waals surface area contributed by atoms with Crippen LogP contribution in [0.5, 0.6) is 0 Å². The quantitative estimate of drug-likeness (QED) is 0.764. The molecule has 1 N–H and O–H groups in total. The zero-order valence-electron chi connectivity index (χ0n) is 11.1. The van der Waals surface area contributed by atoms with Gasteiger partial charge in [0.15, 0.2) is 0 Å². The summed E-state index contributed by atoms with van der Waals surface area (Å²) in [6.07, 6.45) is 1.89. The molecule has 4 heteroatoms. The van der Waals surface area contributed by atoms with Gasteiger partial charge < -0.3 is 9.84 Å². The van der Waals surface area contributed by atoms with Crippen LogP contribution in [0.15, 0.2) is 0 Å². The standard InChI is InChI=1S/C13H26N2O2/c1-11(2)15-5-3-14(4-6-15)7-8-17-13-9-12(16)10-13/h11-13,16H,3-10H2,1-2H3. The lowest BCUT2D eigenvalue weighted by Gasteiger charge is -2.37. The van der Waals surface area contributed by atoms with Crippen molar-refractivity contribution in [3.8, 4) is 0 Å². The molecule has 2 rings (SSSR count). The van der Waals surface area contributed by atoms with E-state index in [9.17, 15) is 0 Å². The number of aliphatic hydroxyl groups excluding tert-OH is 1. The highest BCUT2D eigenvalue weighted by molar-refractivity contribution is 4.79. The average Bonchev–Trinajstić information content (AvgIpc) is 2.27. The fourth-order valence-electron chi connectivity index (χ4n) is 2.53. The van der Waals surface area contributed by atoms with E-state index < -0.39 is 0 Å². The van der Waals surface area contributed by atoms with Gasteiger partial charge in [-0.25, -0.2) is 0 Å². The van der Waals surface area contributed by atoms with Gasteiger partial charge in [0.25, 0.3) is 0 Å². The zero-order chi connectivity index (χ0) is 12.3. The number of piperazine rings is 1. The second-order valence-corrected chi connectivity index (χ2v) is 5.59. The fraction of sp³-hybridized carbons (Fsp3) is 1.00. The highest BCUT2D eigenvalue weighted by Crippen LogP contribution is 2.22. The minimum atomic E-state index is -0.102. The molecule has 100 valence electrons. The second-order valence-electron chi connectivity index (χ2n) is 5.59. The normalized spacial score (nSPS) is 31.8. The molecule has 1 heterocycles. The third-order valence-corrected chi connectivity index (χ3v) is 3.97. The molecule has 0 aromatic carbocycles. The first-order valence-electron chi connectivity index (χ1n) is 6.91. The monoisotopic (exact) mass is 242 g/mol. The summed E-state index contributed by atoms with van der Waals surface area (Å²) in [5.41, 5.74) is 0. The van der Waals surface area contributed by atoms with Crippen LogP contribution in [0.4, 0.5) is 0 Å². The van der Waals surface area contributed by atoms with E-state index in [2.05, 4.69) is 23.6 Å². The molecule has 0 aromatic heterocycles. The molecular weight excluding hydrogens is 216 g/mol. The Morgan fingerprint density at radius 1 is 1.18 bits per heavy atom. The van der Waals surface area contributed by atoms with Crippen LogP contribution in [0, 0.1) is 0 Å². The highest BCUT2D eigenvalue weighted by atomic mass is 16.5. The molecule has 2 aliphatic rings. The largest absolute Gasteiger partial charge is 0.393 e. The maximum Gasteiger partial charge on any atom is 0.0625 e. The van der Waals surface area contributed by atoms with E-state index in [4.69, 9.17) is 9.84 Å². The smallest absolute Gasteiger partial charge is 0.0625 e. The molecule has 0 spiro atoms. The van der Waals surface area contributed by atoms with Crippen molar-refractivity contribution < 1.29 is 9.84 Å². The summed E-state index contributed by atoms with van der Waals surface area (Å²) in [5, 5.41) is 9.15. The summed E-state index contributed by atoms with van der Waals surface area (Å²) in [6.45, 7) is 11.1. The molecule has 1 aliphatic carbocycles. The van der Waals surface area contributed by atoms with Crippen LogP contribution in [-0.2, 0) is 4.74 Å². The number of rotatable bonds is 5. The molecule has 4 nitrogen and oxygen atoms in total. The van der Waals surface area contributed by atoms with Gasteiger partial charge in [0, 0.05) is 38.8 Å². The van der Waals surface area contributed by atoms with Crippen LogP contribution >= 0.6 is 0 Å². The summed E-state index contributed by atoms with van der Waals surface area (Å²) < 4.78 is 5.71. The number of ether oxygens (including phenoxy) is 1. The Morgan fingerprint density at radius 3 is 2.35 bits per heavy atom. The summed E-state index contributed by atoms with van der Waals surface area (Å²) in [6, 6.07) is 0.671. The molecule has 1 saturated carbocycles. The van der Waals surface area contributed by atoms with Crippen molar-refractivity contribution in [2.45, 2.75) is 44.9 Å². The lowest BCUT2D eigenvalue weighted by molar-refractivity contribution is -0.0760. The molecule has 1 saturated heterocycles. The average molecular weight is 242 g/mol. The maximum absolute atomic E-state index is 9.15. The van der Waals surface area contributed by atoms with Gasteiger partial charge in [-0.2, -0.15) is 0 Å². The molecule has 17 heavy (non-hydrogen) atoms. The minimum absolute atomic E-state index is 0.102. The lowest BCUT2D eigenvalue weighted by Crippen LogP contribution is -2.49. The van der Waals surface area contributed by atoms with E-state index in [1.807, 2.05) is 0 Å². The Kier molecular flexibility index (Phi) is 4.79. The number of aliphatic hydroxyl groups is 1. The molecule has 0 unspecified atom stereocenters. The van der Waals surface area contributed by atoms with Crippen LogP contribution in [0.3, 0.4) is 0 Å². The van der Waals surface area contributed by atoms with Gasteiger partial charge in [-0.1, -0.05) is 0 Å². The van der Waals surface area contributed by atoms with Crippen LogP contribution in [-0.4, -0.2) is 72.5 Å². The van der Waals surface area contributed by atoms with Crippen LogP contribution < -0.4 is 0 Å². The predicted molar refractivity (Wildman–Crippen MR) is 68.1 cm³/mol. The van der Waals surface area contributed by atoms with Gasteiger partial charge in [-0.15, -0.1) is 0 Å². The Bertz CT molecular complexity index is 221. The molecule has 0 aromatic rings.